The molecule has 2 fully saturated rings. The average molecular weight is 392 g/mol. The Hall–Kier alpha value is -2.20. The number of benzene rings is 1. The van der Waals surface area contributed by atoms with Gasteiger partial charge in [0.1, 0.15) is 0 Å². The molecule has 0 bridgehead atoms. The van der Waals surface area contributed by atoms with Crippen molar-refractivity contribution in [2.24, 2.45) is 11.8 Å². The minimum absolute atomic E-state index is 0.168. The lowest BCUT2D eigenvalue weighted by Crippen LogP contribution is -2.47. The van der Waals surface area contributed by atoms with Gasteiger partial charge in [0.05, 0.1) is 5.92 Å². The van der Waals surface area contributed by atoms with Crippen LogP contribution in [-0.4, -0.2) is 46.9 Å². The van der Waals surface area contributed by atoms with E-state index in [1.807, 2.05) is 18.5 Å². The Morgan fingerprint density at radius 3 is 2.52 bits per heavy atom. The van der Waals surface area contributed by atoms with Gasteiger partial charge < -0.3 is 4.90 Å². The van der Waals surface area contributed by atoms with Gasteiger partial charge in [-0.05, 0) is 68.2 Å². The Morgan fingerprint density at radius 1 is 0.966 bits per heavy atom. The summed E-state index contributed by atoms with van der Waals surface area (Å²) in [6.45, 7) is 4.76. The third-order valence-corrected chi connectivity index (χ3v) is 6.59. The second kappa shape index (κ2) is 10.0. The molecule has 1 atom stereocenters. The predicted molar refractivity (Wildman–Crippen MR) is 116 cm³/mol. The fourth-order valence-corrected chi connectivity index (χ4v) is 4.87. The number of amides is 1. The Balaban J connectivity index is 1.22. The molecule has 4 heteroatoms. The van der Waals surface area contributed by atoms with Gasteiger partial charge in [-0.25, -0.2) is 0 Å². The van der Waals surface area contributed by atoms with Gasteiger partial charge >= 0.3 is 0 Å². The van der Waals surface area contributed by atoms with E-state index in [4.69, 9.17) is 0 Å². The summed E-state index contributed by atoms with van der Waals surface area (Å²) in [5, 5.41) is 0. The van der Waals surface area contributed by atoms with E-state index >= 15 is 0 Å². The molecule has 3 heterocycles. The highest BCUT2D eigenvalue weighted by atomic mass is 16.2. The van der Waals surface area contributed by atoms with E-state index in [1.165, 1.54) is 17.5 Å². The quantitative estimate of drug-likeness (QED) is 0.742. The van der Waals surface area contributed by atoms with Gasteiger partial charge in [-0.2, -0.15) is 0 Å². The van der Waals surface area contributed by atoms with Crippen LogP contribution >= 0.6 is 0 Å². The van der Waals surface area contributed by atoms with Gasteiger partial charge in [0.25, 0.3) is 0 Å². The first kappa shape index (κ1) is 20.1. The summed E-state index contributed by atoms with van der Waals surface area (Å²) in [7, 11) is 0. The first-order valence-corrected chi connectivity index (χ1v) is 11.2. The zero-order valence-corrected chi connectivity index (χ0v) is 17.4. The molecule has 4 nitrogen and oxygen atoms in total. The number of aromatic nitrogens is 1. The highest BCUT2D eigenvalue weighted by molar-refractivity contribution is 5.79. The maximum Gasteiger partial charge on any atom is 0.226 e. The fourth-order valence-electron chi connectivity index (χ4n) is 4.87. The maximum absolute atomic E-state index is 13.1. The Kier molecular flexibility index (Phi) is 6.94. The number of aryl methyl sites for hydroxylation is 1. The van der Waals surface area contributed by atoms with Crippen LogP contribution in [0.4, 0.5) is 0 Å². The molecule has 2 aromatic rings. The van der Waals surface area contributed by atoms with E-state index in [9.17, 15) is 4.79 Å². The molecule has 4 rings (SSSR count). The van der Waals surface area contributed by atoms with Crippen LogP contribution in [0.2, 0.25) is 0 Å². The molecule has 1 aromatic heterocycles. The van der Waals surface area contributed by atoms with Crippen LogP contribution in [0.5, 0.6) is 0 Å². The van der Waals surface area contributed by atoms with E-state index in [0.717, 1.165) is 70.7 Å². The van der Waals surface area contributed by atoms with Crippen LogP contribution in [0.15, 0.2) is 54.9 Å². The van der Waals surface area contributed by atoms with E-state index < -0.39 is 0 Å². The smallest absolute Gasteiger partial charge is 0.226 e. The number of pyridine rings is 1. The average Bonchev–Trinajstić information content (AvgIpc) is 2.79. The second-order valence-electron chi connectivity index (χ2n) is 8.73. The third-order valence-electron chi connectivity index (χ3n) is 6.59. The number of carbonyl (C=O) groups is 1. The van der Waals surface area contributed by atoms with Gasteiger partial charge in [-0.3, -0.25) is 14.7 Å². The van der Waals surface area contributed by atoms with Crippen LogP contribution in [0.1, 0.15) is 43.2 Å². The molecule has 0 aliphatic carbocycles. The lowest BCUT2D eigenvalue weighted by atomic mass is 9.89. The molecule has 2 aliphatic heterocycles. The normalized spacial score (nSPS) is 21.2. The predicted octanol–water partition coefficient (Wildman–Crippen LogP) is 4.17. The highest BCUT2D eigenvalue weighted by Gasteiger charge is 2.31. The summed E-state index contributed by atoms with van der Waals surface area (Å²) in [5.41, 5.74) is 2.67. The topological polar surface area (TPSA) is 36.4 Å². The third kappa shape index (κ3) is 5.66. The van der Waals surface area contributed by atoms with Crippen molar-refractivity contribution in [3.63, 3.8) is 0 Å². The first-order chi connectivity index (χ1) is 14.3. The summed E-state index contributed by atoms with van der Waals surface area (Å²) in [5.74, 6) is 1.32. The lowest BCUT2D eigenvalue weighted by Gasteiger charge is -2.38. The van der Waals surface area contributed by atoms with Crippen molar-refractivity contribution in [1.29, 1.82) is 0 Å². The molecule has 0 N–H and O–H groups in total. The van der Waals surface area contributed by atoms with Gasteiger partial charge in [-0.15, -0.1) is 0 Å². The van der Waals surface area contributed by atoms with Crippen LogP contribution in [0, 0.1) is 11.8 Å². The molecular weight excluding hydrogens is 358 g/mol. The van der Waals surface area contributed by atoms with Gasteiger partial charge in [0, 0.05) is 38.6 Å². The first-order valence-electron chi connectivity index (χ1n) is 11.2. The Labute approximate surface area is 174 Å². The summed E-state index contributed by atoms with van der Waals surface area (Å²) in [6.07, 6.45) is 10.6. The van der Waals surface area contributed by atoms with E-state index in [-0.39, 0.29) is 5.92 Å². The van der Waals surface area contributed by atoms with Crippen molar-refractivity contribution in [2.45, 2.75) is 45.1 Å². The molecular formula is C25H33N3O. The standard InChI is InChI=1S/C25H33N3O/c29-25(24-9-5-15-27(20-24)19-23-8-4-14-26-18-23)28-16-12-22(13-17-28)11-10-21-6-2-1-3-7-21/h1-4,6-8,14,18,22,24H,5,9-13,15-17,19-20H2. The lowest BCUT2D eigenvalue weighted by molar-refractivity contribution is -0.138. The summed E-state index contributed by atoms with van der Waals surface area (Å²) < 4.78 is 0. The van der Waals surface area contributed by atoms with E-state index in [2.05, 4.69) is 51.2 Å². The van der Waals surface area contributed by atoms with Gasteiger partial charge in [0.15, 0.2) is 0 Å². The zero-order valence-electron chi connectivity index (χ0n) is 17.4. The van der Waals surface area contributed by atoms with Crippen LogP contribution in [0.25, 0.3) is 0 Å². The summed E-state index contributed by atoms with van der Waals surface area (Å²) >= 11 is 0. The molecule has 0 saturated carbocycles. The largest absolute Gasteiger partial charge is 0.342 e. The molecule has 0 spiro atoms. The molecule has 29 heavy (non-hydrogen) atoms. The number of hydrogen-bond acceptors (Lipinski definition) is 3. The van der Waals surface area contributed by atoms with Crippen molar-refractivity contribution in [2.75, 3.05) is 26.2 Å². The fraction of sp³-hybridized carbons (Fsp3) is 0.520. The molecule has 0 radical (unpaired) electrons. The minimum atomic E-state index is 0.168. The second-order valence-corrected chi connectivity index (χ2v) is 8.73. The van der Waals surface area contributed by atoms with Crippen molar-refractivity contribution in [1.82, 2.24) is 14.8 Å². The summed E-state index contributed by atoms with van der Waals surface area (Å²) in [4.78, 5) is 21.9. The Morgan fingerprint density at radius 2 is 1.76 bits per heavy atom. The van der Waals surface area contributed by atoms with Crippen molar-refractivity contribution < 1.29 is 4.79 Å². The van der Waals surface area contributed by atoms with Crippen molar-refractivity contribution >= 4 is 5.91 Å². The SMILES string of the molecule is O=C(C1CCCN(Cc2cccnc2)C1)N1CCC(CCc2ccccc2)CC1. The number of carbonyl (C=O) groups excluding carboxylic acids is 1. The molecule has 154 valence electrons. The molecule has 2 saturated heterocycles. The number of hydrogen-bond donors (Lipinski definition) is 0. The monoisotopic (exact) mass is 391 g/mol. The zero-order chi connectivity index (χ0) is 19.9. The van der Waals surface area contributed by atoms with Gasteiger partial charge in [0.2, 0.25) is 5.91 Å². The Bertz CT molecular complexity index is 756. The van der Waals surface area contributed by atoms with Crippen LogP contribution in [-0.2, 0) is 17.8 Å². The van der Waals surface area contributed by atoms with Crippen LogP contribution < -0.4 is 0 Å². The van der Waals surface area contributed by atoms with E-state index in [0.29, 0.717) is 5.91 Å². The summed E-state index contributed by atoms with van der Waals surface area (Å²) in [6, 6.07) is 14.9. The number of piperidine rings is 2. The minimum Gasteiger partial charge on any atom is -0.342 e. The molecule has 1 aromatic carbocycles. The highest BCUT2D eigenvalue weighted by Crippen LogP contribution is 2.26. The molecule has 1 unspecified atom stereocenters. The molecule has 1 amide bonds. The van der Waals surface area contributed by atoms with E-state index in [1.54, 1.807) is 0 Å². The number of rotatable bonds is 6. The molecule has 2 aliphatic rings. The number of likely N-dealkylation sites (tertiary alicyclic amines) is 2. The van der Waals surface area contributed by atoms with Crippen molar-refractivity contribution in [3.05, 3.63) is 66.0 Å². The maximum atomic E-state index is 13.1. The number of nitrogens with zero attached hydrogens (tertiary/aromatic N) is 3. The van der Waals surface area contributed by atoms with Gasteiger partial charge in [-0.1, -0.05) is 36.4 Å². The van der Waals surface area contributed by atoms with Crippen LogP contribution in [0.3, 0.4) is 0 Å². The van der Waals surface area contributed by atoms with Crippen molar-refractivity contribution in [3.8, 4) is 0 Å².